The summed E-state index contributed by atoms with van der Waals surface area (Å²) in [6, 6.07) is 2.75. The molecule has 1 heterocycles. The molecule has 0 aromatic carbocycles. The summed E-state index contributed by atoms with van der Waals surface area (Å²) in [5, 5.41) is 17.5. The maximum absolute atomic E-state index is 12.5. The van der Waals surface area contributed by atoms with E-state index in [4.69, 9.17) is 22.0 Å². The van der Waals surface area contributed by atoms with Crippen LogP contribution in [0, 0.1) is 11.3 Å². The summed E-state index contributed by atoms with van der Waals surface area (Å²) in [4.78, 5) is 3.72. The Labute approximate surface area is 89.9 Å². The van der Waals surface area contributed by atoms with Crippen LogP contribution in [0.25, 0.3) is 0 Å². The maximum atomic E-state index is 12.5. The lowest BCUT2D eigenvalue weighted by molar-refractivity contribution is 0.146. The Morgan fingerprint density at radius 3 is 2.60 bits per heavy atom. The van der Waals surface area contributed by atoms with Crippen LogP contribution in [-0.2, 0) is 12.5 Å². The first-order valence-electron chi connectivity index (χ1n) is 4.01. The zero-order valence-electron chi connectivity index (χ0n) is 7.54. The van der Waals surface area contributed by atoms with Gasteiger partial charge in [0.2, 0.25) is 0 Å². The number of rotatable bonds is 3. The van der Waals surface area contributed by atoms with Crippen molar-refractivity contribution in [3.63, 3.8) is 0 Å². The summed E-state index contributed by atoms with van der Waals surface area (Å²) >= 11 is 5.49. The van der Waals surface area contributed by atoms with Crippen molar-refractivity contribution in [1.29, 1.82) is 5.26 Å². The molecule has 0 aliphatic heterocycles. The predicted molar refractivity (Wildman–Crippen MR) is 49.4 cm³/mol. The zero-order chi connectivity index (χ0) is 11.4. The zero-order valence-corrected chi connectivity index (χ0v) is 8.30. The molecule has 1 aromatic rings. The van der Waals surface area contributed by atoms with Gasteiger partial charge in [-0.25, -0.2) is 8.78 Å². The Bertz CT molecular complexity index is 404. The van der Waals surface area contributed by atoms with E-state index in [9.17, 15) is 8.78 Å². The molecule has 1 N–H and O–H groups in total. The average molecular weight is 233 g/mol. The number of aliphatic hydroxyl groups excluding tert-OH is 1. The molecule has 0 radical (unpaired) electrons. The lowest BCUT2D eigenvalue weighted by atomic mass is 10.1. The molecule has 1 rings (SSSR count). The van der Waals surface area contributed by atoms with Crippen molar-refractivity contribution in [2.75, 3.05) is 0 Å². The molecule has 0 aliphatic carbocycles. The monoisotopic (exact) mass is 232 g/mol. The van der Waals surface area contributed by atoms with Crippen LogP contribution in [0.5, 0.6) is 0 Å². The Morgan fingerprint density at radius 1 is 1.53 bits per heavy atom. The van der Waals surface area contributed by atoms with E-state index < -0.39 is 18.6 Å². The van der Waals surface area contributed by atoms with Crippen molar-refractivity contribution in [3.05, 3.63) is 28.6 Å². The molecule has 0 amide bonds. The molecule has 0 unspecified atom stereocenters. The van der Waals surface area contributed by atoms with Gasteiger partial charge in [0.25, 0.3) is 6.43 Å². The van der Waals surface area contributed by atoms with Crippen molar-refractivity contribution >= 4 is 11.6 Å². The van der Waals surface area contributed by atoms with Gasteiger partial charge in [0.15, 0.2) is 0 Å². The highest BCUT2D eigenvalue weighted by molar-refractivity contribution is 6.17. The minimum Gasteiger partial charge on any atom is -0.390 e. The second-order valence-corrected chi connectivity index (χ2v) is 2.99. The molecule has 3 nitrogen and oxygen atoms in total. The van der Waals surface area contributed by atoms with Crippen LogP contribution in [-0.4, -0.2) is 10.1 Å². The molecule has 0 bridgehead atoms. The smallest absolute Gasteiger partial charge is 0.265 e. The van der Waals surface area contributed by atoms with E-state index in [1.807, 2.05) is 0 Å². The summed E-state index contributed by atoms with van der Waals surface area (Å²) in [5.74, 6) is -0.0561. The highest BCUT2D eigenvalue weighted by Gasteiger charge is 2.17. The minimum atomic E-state index is -2.77. The van der Waals surface area contributed by atoms with Crippen LogP contribution in [0.4, 0.5) is 8.78 Å². The van der Waals surface area contributed by atoms with E-state index in [0.717, 1.165) is 6.07 Å². The van der Waals surface area contributed by atoms with Crippen molar-refractivity contribution < 1.29 is 13.9 Å². The van der Waals surface area contributed by atoms with Gasteiger partial charge in [0.1, 0.15) is 6.07 Å². The number of nitriles is 1. The third kappa shape index (κ3) is 2.41. The van der Waals surface area contributed by atoms with Crippen LogP contribution < -0.4 is 0 Å². The third-order valence-electron chi connectivity index (χ3n) is 1.85. The van der Waals surface area contributed by atoms with Gasteiger partial charge >= 0.3 is 0 Å². The van der Waals surface area contributed by atoms with Gasteiger partial charge in [-0.2, -0.15) is 5.26 Å². The van der Waals surface area contributed by atoms with E-state index >= 15 is 0 Å². The number of aromatic nitrogens is 1. The van der Waals surface area contributed by atoms with Crippen molar-refractivity contribution in [3.8, 4) is 6.07 Å². The van der Waals surface area contributed by atoms with Gasteiger partial charge in [-0.05, 0) is 6.07 Å². The first kappa shape index (κ1) is 11.8. The average Bonchev–Trinajstić information content (AvgIpc) is 2.26. The lowest BCUT2D eigenvalue weighted by Crippen LogP contribution is -2.04. The molecular weight excluding hydrogens is 226 g/mol. The molecule has 0 saturated heterocycles. The molecular formula is C9H7ClF2N2O. The first-order chi connectivity index (χ1) is 7.13. The Hall–Kier alpha value is -1.25. The molecule has 80 valence electrons. The highest BCUT2D eigenvalue weighted by atomic mass is 35.5. The van der Waals surface area contributed by atoms with Gasteiger partial charge in [0, 0.05) is 5.56 Å². The van der Waals surface area contributed by atoms with E-state index in [-0.39, 0.29) is 22.8 Å². The fourth-order valence-corrected chi connectivity index (χ4v) is 1.33. The molecule has 0 aliphatic rings. The largest absolute Gasteiger partial charge is 0.390 e. The summed E-state index contributed by atoms with van der Waals surface area (Å²) < 4.78 is 24.9. The van der Waals surface area contributed by atoms with Crippen LogP contribution in [0.3, 0.4) is 0 Å². The number of halogens is 3. The SMILES string of the molecule is N#Cc1cc(C(F)F)c(CO)nc1CCl. The maximum Gasteiger partial charge on any atom is 0.265 e. The number of hydrogen-bond acceptors (Lipinski definition) is 3. The Kier molecular flexibility index (Phi) is 3.95. The number of alkyl halides is 3. The molecule has 0 saturated carbocycles. The summed E-state index contributed by atoms with van der Waals surface area (Å²) in [6.07, 6.45) is -2.77. The normalized spacial score (nSPS) is 10.4. The quantitative estimate of drug-likeness (QED) is 0.812. The highest BCUT2D eigenvalue weighted by Crippen LogP contribution is 2.24. The summed E-state index contributed by atoms with van der Waals surface area (Å²) in [6.45, 7) is -0.602. The van der Waals surface area contributed by atoms with Gasteiger partial charge in [-0.3, -0.25) is 4.98 Å². The summed E-state index contributed by atoms with van der Waals surface area (Å²) in [5.41, 5.74) is -0.354. The minimum absolute atomic E-state index is 0.0116. The number of aliphatic hydroxyl groups is 1. The number of nitrogens with zero attached hydrogens (tertiary/aromatic N) is 2. The van der Waals surface area contributed by atoms with Crippen molar-refractivity contribution in [2.24, 2.45) is 0 Å². The Balaban J connectivity index is 3.36. The second-order valence-electron chi connectivity index (χ2n) is 2.72. The van der Waals surface area contributed by atoms with Gasteiger partial charge in [-0.15, -0.1) is 11.6 Å². The molecule has 0 fully saturated rings. The van der Waals surface area contributed by atoms with Crippen LogP contribution in [0.2, 0.25) is 0 Å². The molecule has 1 aromatic heterocycles. The standard InChI is InChI=1S/C9H7ClF2N2O/c10-2-7-5(3-13)1-6(9(11)12)8(4-15)14-7/h1,9,15H,2,4H2. The third-order valence-corrected chi connectivity index (χ3v) is 2.10. The Morgan fingerprint density at radius 2 is 2.20 bits per heavy atom. The molecule has 0 atom stereocenters. The predicted octanol–water partition coefficient (Wildman–Crippen LogP) is 2.12. The lowest BCUT2D eigenvalue weighted by Gasteiger charge is -2.08. The molecule has 0 spiro atoms. The van der Waals surface area contributed by atoms with E-state index in [1.54, 1.807) is 6.07 Å². The molecule has 15 heavy (non-hydrogen) atoms. The fraction of sp³-hybridized carbons (Fsp3) is 0.333. The van der Waals surface area contributed by atoms with E-state index in [0.29, 0.717) is 0 Å². The van der Waals surface area contributed by atoms with Gasteiger partial charge in [-0.1, -0.05) is 0 Å². The summed E-state index contributed by atoms with van der Waals surface area (Å²) in [7, 11) is 0. The fourth-order valence-electron chi connectivity index (χ4n) is 1.12. The van der Waals surface area contributed by atoms with Gasteiger partial charge < -0.3 is 5.11 Å². The second kappa shape index (κ2) is 5.01. The van der Waals surface area contributed by atoms with Crippen LogP contribution >= 0.6 is 11.6 Å². The topological polar surface area (TPSA) is 56.9 Å². The van der Waals surface area contributed by atoms with Crippen LogP contribution in [0.15, 0.2) is 6.07 Å². The van der Waals surface area contributed by atoms with E-state index in [2.05, 4.69) is 4.98 Å². The van der Waals surface area contributed by atoms with Gasteiger partial charge in [0.05, 0.1) is 29.4 Å². The van der Waals surface area contributed by atoms with Crippen molar-refractivity contribution in [1.82, 2.24) is 4.98 Å². The number of hydrogen-bond donors (Lipinski definition) is 1. The molecule has 6 heteroatoms. The number of pyridine rings is 1. The van der Waals surface area contributed by atoms with Crippen molar-refractivity contribution in [2.45, 2.75) is 18.9 Å². The van der Waals surface area contributed by atoms with E-state index in [1.165, 1.54) is 0 Å². The van der Waals surface area contributed by atoms with Crippen LogP contribution in [0.1, 0.15) is 28.9 Å². The first-order valence-corrected chi connectivity index (χ1v) is 4.55.